The minimum Gasteiger partial charge on any atom is -0.462 e. The summed E-state index contributed by atoms with van der Waals surface area (Å²) in [6.07, 6.45) is 0.912. The van der Waals surface area contributed by atoms with E-state index in [2.05, 4.69) is 9.97 Å². The molecule has 1 rings (SSSR count). The predicted octanol–water partition coefficient (Wildman–Crippen LogP) is 1.29. The Morgan fingerprint density at radius 1 is 1.50 bits per heavy atom. The Balaban J connectivity index is 3.06. The Bertz CT molecular complexity index is 467. The summed E-state index contributed by atoms with van der Waals surface area (Å²) in [5.74, 6) is -0.103. The van der Waals surface area contributed by atoms with Gasteiger partial charge in [-0.3, -0.25) is 4.79 Å². The lowest BCUT2D eigenvalue weighted by Crippen LogP contribution is -2.24. The molecule has 0 fully saturated rings. The number of aromatic amines is 1. The van der Waals surface area contributed by atoms with Crippen molar-refractivity contribution >= 4 is 5.97 Å². The van der Waals surface area contributed by atoms with Gasteiger partial charge < -0.3 is 14.5 Å². The molecule has 100 valence electrons. The molecule has 1 unspecified atom stereocenters. The lowest BCUT2D eigenvalue weighted by molar-refractivity contribution is 0.0514. The van der Waals surface area contributed by atoms with Crippen LogP contribution in [0.25, 0.3) is 0 Å². The van der Waals surface area contributed by atoms with Crippen LogP contribution in [0.1, 0.15) is 43.1 Å². The molecule has 1 heterocycles. The Hall–Kier alpha value is -1.69. The minimum atomic E-state index is -0.670. The normalized spacial score (nSPS) is 12.5. The summed E-state index contributed by atoms with van der Waals surface area (Å²) in [5.41, 5.74) is -0.611. The van der Waals surface area contributed by atoms with Crippen LogP contribution in [0.4, 0.5) is 0 Å². The zero-order valence-corrected chi connectivity index (χ0v) is 11.0. The van der Waals surface area contributed by atoms with Crippen molar-refractivity contribution in [1.29, 1.82) is 0 Å². The third kappa shape index (κ3) is 3.16. The van der Waals surface area contributed by atoms with Gasteiger partial charge in [0.1, 0.15) is 17.5 Å². The van der Waals surface area contributed by atoms with Crippen LogP contribution >= 0.6 is 0 Å². The number of carbonyl (C=O) groups is 1. The topological polar surface area (TPSA) is 81.3 Å². The number of esters is 1. The number of H-pyrrole nitrogens is 1. The lowest BCUT2D eigenvalue weighted by atomic mass is 10.1. The van der Waals surface area contributed by atoms with E-state index in [1.54, 1.807) is 14.0 Å². The third-order valence-corrected chi connectivity index (χ3v) is 2.44. The minimum absolute atomic E-state index is 0.0980. The fourth-order valence-electron chi connectivity index (χ4n) is 1.61. The average Bonchev–Trinajstić information content (AvgIpc) is 2.29. The molecule has 0 radical (unpaired) electrons. The highest BCUT2D eigenvalue weighted by Crippen LogP contribution is 2.20. The van der Waals surface area contributed by atoms with Crippen LogP contribution in [0, 0.1) is 5.92 Å². The lowest BCUT2D eigenvalue weighted by Gasteiger charge is -2.17. The summed E-state index contributed by atoms with van der Waals surface area (Å²) in [4.78, 5) is 29.8. The second-order valence-electron chi connectivity index (χ2n) is 4.13. The standard InChI is InChI=1S/C12H18N2O4/c1-5-18-12(16)8-6-13-10(14-11(8)15)9(17-4)7(2)3/h6-7,9H,5H2,1-4H3,(H,13,14,15). The second kappa shape index (κ2) is 6.30. The molecule has 1 N–H and O–H groups in total. The van der Waals surface area contributed by atoms with Gasteiger partial charge in [0.2, 0.25) is 0 Å². The van der Waals surface area contributed by atoms with Crippen LogP contribution in [0.3, 0.4) is 0 Å². The van der Waals surface area contributed by atoms with Gasteiger partial charge in [0.25, 0.3) is 5.56 Å². The van der Waals surface area contributed by atoms with Gasteiger partial charge in [-0.25, -0.2) is 9.78 Å². The van der Waals surface area contributed by atoms with Crippen LogP contribution in [-0.2, 0) is 9.47 Å². The molecule has 0 saturated heterocycles. The number of methoxy groups -OCH3 is 1. The summed E-state index contributed by atoms with van der Waals surface area (Å²) < 4.78 is 10.0. The molecule has 6 heteroatoms. The second-order valence-corrected chi connectivity index (χ2v) is 4.13. The largest absolute Gasteiger partial charge is 0.462 e. The van der Waals surface area contributed by atoms with Crippen LogP contribution < -0.4 is 5.56 Å². The van der Waals surface area contributed by atoms with E-state index >= 15 is 0 Å². The van der Waals surface area contributed by atoms with Crippen LogP contribution in [0.5, 0.6) is 0 Å². The number of nitrogens with zero attached hydrogens (tertiary/aromatic N) is 1. The van der Waals surface area contributed by atoms with E-state index in [-0.39, 0.29) is 24.2 Å². The molecule has 1 aromatic rings. The van der Waals surface area contributed by atoms with E-state index in [0.717, 1.165) is 0 Å². The number of rotatable bonds is 5. The highest BCUT2D eigenvalue weighted by Gasteiger charge is 2.20. The monoisotopic (exact) mass is 254 g/mol. The first kappa shape index (κ1) is 14.4. The number of nitrogens with one attached hydrogen (secondary N) is 1. The van der Waals surface area contributed by atoms with E-state index < -0.39 is 11.5 Å². The predicted molar refractivity (Wildman–Crippen MR) is 65.4 cm³/mol. The van der Waals surface area contributed by atoms with Gasteiger partial charge in [-0.2, -0.15) is 0 Å². The quantitative estimate of drug-likeness (QED) is 0.801. The zero-order valence-electron chi connectivity index (χ0n) is 11.0. The van der Waals surface area contributed by atoms with E-state index in [0.29, 0.717) is 5.82 Å². The molecule has 18 heavy (non-hydrogen) atoms. The first-order valence-electron chi connectivity index (χ1n) is 5.80. The van der Waals surface area contributed by atoms with Crippen molar-refractivity contribution < 1.29 is 14.3 Å². The SMILES string of the molecule is CCOC(=O)c1cnc(C(OC)C(C)C)[nH]c1=O. The van der Waals surface area contributed by atoms with E-state index in [1.165, 1.54) is 6.20 Å². The van der Waals surface area contributed by atoms with Gasteiger partial charge >= 0.3 is 5.97 Å². The molecule has 0 aliphatic rings. The fourth-order valence-corrected chi connectivity index (χ4v) is 1.61. The highest BCUT2D eigenvalue weighted by atomic mass is 16.5. The molecule has 0 spiro atoms. The summed E-state index contributed by atoms with van der Waals surface area (Å²) in [6.45, 7) is 5.79. The number of aromatic nitrogens is 2. The maximum absolute atomic E-state index is 11.7. The Morgan fingerprint density at radius 3 is 2.61 bits per heavy atom. The molecule has 0 aliphatic heterocycles. The van der Waals surface area contributed by atoms with Crippen molar-refractivity contribution in [2.24, 2.45) is 5.92 Å². The number of ether oxygens (including phenoxy) is 2. The summed E-state index contributed by atoms with van der Waals surface area (Å²) >= 11 is 0. The van der Waals surface area contributed by atoms with E-state index in [9.17, 15) is 9.59 Å². The molecular weight excluding hydrogens is 236 g/mol. The van der Waals surface area contributed by atoms with Crippen LogP contribution in [-0.4, -0.2) is 29.7 Å². The molecule has 0 aliphatic carbocycles. The van der Waals surface area contributed by atoms with Crippen molar-refractivity contribution in [3.05, 3.63) is 27.9 Å². The average molecular weight is 254 g/mol. The van der Waals surface area contributed by atoms with Crippen molar-refractivity contribution in [3.63, 3.8) is 0 Å². The summed E-state index contributed by atoms with van der Waals surface area (Å²) in [6, 6.07) is 0. The molecule has 0 aromatic carbocycles. The van der Waals surface area contributed by atoms with Crippen molar-refractivity contribution in [1.82, 2.24) is 9.97 Å². The van der Waals surface area contributed by atoms with Gasteiger partial charge in [0.05, 0.1) is 6.61 Å². The maximum Gasteiger partial charge on any atom is 0.345 e. The molecule has 1 atom stereocenters. The molecule has 1 aromatic heterocycles. The first-order chi connectivity index (χ1) is 8.51. The van der Waals surface area contributed by atoms with Gasteiger partial charge in [0, 0.05) is 13.3 Å². The fraction of sp³-hybridized carbons (Fsp3) is 0.583. The van der Waals surface area contributed by atoms with E-state index in [4.69, 9.17) is 9.47 Å². The highest BCUT2D eigenvalue weighted by molar-refractivity contribution is 5.88. The smallest absolute Gasteiger partial charge is 0.345 e. The molecule has 0 amide bonds. The van der Waals surface area contributed by atoms with Crippen LogP contribution in [0.15, 0.2) is 11.0 Å². The summed E-state index contributed by atoms with van der Waals surface area (Å²) in [7, 11) is 1.55. The maximum atomic E-state index is 11.7. The van der Waals surface area contributed by atoms with Gasteiger partial charge in [-0.1, -0.05) is 13.8 Å². The summed E-state index contributed by atoms with van der Waals surface area (Å²) in [5, 5.41) is 0. The molecule has 0 saturated carbocycles. The molecule has 0 bridgehead atoms. The van der Waals surface area contributed by atoms with Gasteiger partial charge in [0.15, 0.2) is 0 Å². The van der Waals surface area contributed by atoms with Gasteiger partial charge in [-0.15, -0.1) is 0 Å². The number of hydrogen-bond donors (Lipinski definition) is 1. The Labute approximate surface area is 105 Å². The van der Waals surface area contributed by atoms with Crippen molar-refractivity contribution in [2.75, 3.05) is 13.7 Å². The van der Waals surface area contributed by atoms with Crippen molar-refractivity contribution in [3.8, 4) is 0 Å². The number of carbonyl (C=O) groups excluding carboxylic acids is 1. The Morgan fingerprint density at radius 2 is 2.17 bits per heavy atom. The Kier molecular flexibility index (Phi) is 5.03. The molecular formula is C12H18N2O4. The van der Waals surface area contributed by atoms with Crippen LogP contribution in [0.2, 0.25) is 0 Å². The van der Waals surface area contributed by atoms with Gasteiger partial charge in [-0.05, 0) is 12.8 Å². The third-order valence-electron chi connectivity index (χ3n) is 2.44. The molecule has 6 nitrogen and oxygen atoms in total. The zero-order chi connectivity index (χ0) is 13.7. The number of hydrogen-bond acceptors (Lipinski definition) is 5. The first-order valence-corrected chi connectivity index (χ1v) is 5.80. The van der Waals surface area contributed by atoms with Crippen molar-refractivity contribution in [2.45, 2.75) is 26.9 Å². The van der Waals surface area contributed by atoms with E-state index in [1.807, 2.05) is 13.8 Å².